The minimum absolute atomic E-state index is 0.0810. The second-order valence-electron chi connectivity index (χ2n) is 3.37. The molecule has 0 unspecified atom stereocenters. The molecule has 0 aromatic rings. The molecule has 2 bridgehead atoms. The van der Waals surface area contributed by atoms with Crippen LogP contribution < -0.4 is 0 Å². The number of amides is 1. The van der Waals surface area contributed by atoms with E-state index in [4.69, 9.17) is 5.11 Å². The molecule has 2 heterocycles. The van der Waals surface area contributed by atoms with E-state index in [0.717, 1.165) is 12.8 Å². The largest absolute Gasteiger partial charge is 0.465 e. The number of carbonyl (C=O) groups is 1. The Balaban J connectivity index is 2.28. The molecule has 2 rings (SSSR count). The third-order valence-corrected chi connectivity index (χ3v) is 2.78. The van der Waals surface area contributed by atoms with Crippen molar-refractivity contribution in [3.8, 4) is 0 Å². The van der Waals surface area contributed by atoms with Crippen LogP contribution in [0.2, 0.25) is 0 Å². The summed E-state index contributed by atoms with van der Waals surface area (Å²) in [5.41, 5.74) is -1.02. The van der Waals surface area contributed by atoms with Gasteiger partial charge in [0.15, 0.2) is 0 Å². The normalized spacial score (nSPS) is 41.5. The van der Waals surface area contributed by atoms with Gasteiger partial charge in [0.1, 0.15) is 5.72 Å². The predicted molar refractivity (Wildman–Crippen MR) is 37.1 cm³/mol. The number of aliphatic hydroxyl groups is 1. The molecule has 0 aliphatic carbocycles. The van der Waals surface area contributed by atoms with Crippen molar-refractivity contribution in [3.05, 3.63) is 0 Å². The summed E-state index contributed by atoms with van der Waals surface area (Å²) in [7, 11) is 0. The molecule has 11 heavy (non-hydrogen) atoms. The maximum atomic E-state index is 10.6. The monoisotopic (exact) mass is 157 g/mol. The van der Waals surface area contributed by atoms with E-state index >= 15 is 0 Å². The first-order valence-electron chi connectivity index (χ1n) is 3.88. The topological polar surface area (TPSA) is 60.8 Å². The fraction of sp³-hybridized carbons (Fsp3) is 0.857. The molecule has 4 heteroatoms. The molecule has 2 N–H and O–H groups in total. The maximum Gasteiger partial charge on any atom is 0.409 e. The Kier molecular flexibility index (Phi) is 1.18. The maximum absolute atomic E-state index is 10.6. The molecule has 0 saturated carbocycles. The highest BCUT2D eigenvalue weighted by Gasteiger charge is 2.53. The van der Waals surface area contributed by atoms with Crippen LogP contribution in [0.4, 0.5) is 4.79 Å². The number of carboxylic acid groups (broad SMARTS) is 1. The van der Waals surface area contributed by atoms with Crippen LogP contribution in [-0.2, 0) is 0 Å². The fourth-order valence-electron chi connectivity index (χ4n) is 2.24. The lowest BCUT2D eigenvalue weighted by Crippen LogP contribution is -2.44. The van der Waals surface area contributed by atoms with Crippen molar-refractivity contribution >= 4 is 6.09 Å². The van der Waals surface area contributed by atoms with Gasteiger partial charge in [-0.2, -0.15) is 0 Å². The van der Waals surface area contributed by atoms with Crippen LogP contribution in [-0.4, -0.2) is 33.0 Å². The van der Waals surface area contributed by atoms with Gasteiger partial charge < -0.3 is 10.2 Å². The van der Waals surface area contributed by atoms with E-state index < -0.39 is 11.8 Å². The molecule has 0 aromatic carbocycles. The van der Waals surface area contributed by atoms with Gasteiger partial charge in [0, 0.05) is 6.04 Å². The zero-order valence-electron chi connectivity index (χ0n) is 6.16. The van der Waals surface area contributed by atoms with Crippen molar-refractivity contribution in [1.29, 1.82) is 0 Å². The first-order chi connectivity index (χ1) is 5.13. The van der Waals surface area contributed by atoms with E-state index in [0.29, 0.717) is 12.8 Å². The van der Waals surface area contributed by atoms with E-state index in [1.165, 1.54) is 4.90 Å². The first-order valence-corrected chi connectivity index (χ1v) is 3.88. The molecular weight excluding hydrogens is 146 g/mol. The Morgan fingerprint density at radius 2 is 2.00 bits per heavy atom. The van der Waals surface area contributed by atoms with E-state index in [-0.39, 0.29) is 6.04 Å². The van der Waals surface area contributed by atoms with Crippen molar-refractivity contribution in [3.63, 3.8) is 0 Å². The Labute approximate surface area is 64.4 Å². The van der Waals surface area contributed by atoms with E-state index in [1.54, 1.807) is 0 Å². The van der Waals surface area contributed by atoms with Gasteiger partial charge in [-0.1, -0.05) is 0 Å². The number of hydrogen-bond acceptors (Lipinski definition) is 2. The highest BCUT2D eigenvalue weighted by Crippen LogP contribution is 2.44. The van der Waals surface area contributed by atoms with Gasteiger partial charge in [-0.05, 0) is 25.7 Å². The van der Waals surface area contributed by atoms with Crippen LogP contribution in [0, 0.1) is 0 Å². The van der Waals surface area contributed by atoms with Crippen molar-refractivity contribution in [2.75, 3.05) is 0 Å². The molecule has 2 aliphatic rings. The second-order valence-corrected chi connectivity index (χ2v) is 3.37. The average Bonchev–Trinajstić information content (AvgIpc) is 2.39. The highest BCUT2D eigenvalue weighted by molar-refractivity contribution is 5.67. The molecule has 62 valence electrons. The van der Waals surface area contributed by atoms with Gasteiger partial charge in [-0.15, -0.1) is 0 Å². The van der Waals surface area contributed by atoms with Crippen LogP contribution in [0.1, 0.15) is 25.7 Å². The van der Waals surface area contributed by atoms with Crippen molar-refractivity contribution < 1.29 is 15.0 Å². The lowest BCUT2D eigenvalue weighted by atomic mass is 9.98. The number of fused-ring (bicyclic) bond motifs is 2. The quantitative estimate of drug-likeness (QED) is 0.541. The second kappa shape index (κ2) is 1.88. The van der Waals surface area contributed by atoms with Gasteiger partial charge in [0.05, 0.1) is 0 Å². The Morgan fingerprint density at radius 1 is 1.45 bits per heavy atom. The summed E-state index contributed by atoms with van der Waals surface area (Å²) in [5, 5.41) is 18.4. The summed E-state index contributed by atoms with van der Waals surface area (Å²) in [5.74, 6) is 0. The number of rotatable bonds is 0. The summed E-state index contributed by atoms with van der Waals surface area (Å²) in [6.07, 6.45) is 1.90. The molecular formula is C7H11NO3. The van der Waals surface area contributed by atoms with Gasteiger partial charge in [0.2, 0.25) is 0 Å². The fourth-order valence-corrected chi connectivity index (χ4v) is 2.24. The minimum Gasteiger partial charge on any atom is -0.465 e. The van der Waals surface area contributed by atoms with E-state index in [9.17, 15) is 9.90 Å². The molecule has 0 aromatic heterocycles. The molecule has 1 amide bonds. The predicted octanol–water partition coefficient (Wildman–Crippen LogP) is 0.611. The third kappa shape index (κ3) is 0.758. The third-order valence-electron chi connectivity index (χ3n) is 2.78. The van der Waals surface area contributed by atoms with Crippen LogP contribution in [0.15, 0.2) is 0 Å². The molecule has 2 aliphatic heterocycles. The smallest absolute Gasteiger partial charge is 0.409 e. The van der Waals surface area contributed by atoms with Crippen molar-refractivity contribution in [1.82, 2.24) is 4.90 Å². The summed E-state index contributed by atoms with van der Waals surface area (Å²) in [4.78, 5) is 11.8. The van der Waals surface area contributed by atoms with Crippen LogP contribution in [0.5, 0.6) is 0 Å². The van der Waals surface area contributed by atoms with Crippen LogP contribution in [0.3, 0.4) is 0 Å². The Hall–Kier alpha value is -0.770. The minimum atomic E-state index is -1.02. The van der Waals surface area contributed by atoms with E-state index in [2.05, 4.69) is 0 Å². The van der Waals surface area contributed by atoms with Crippen molar-refractivity contribution in [2.24, 2.45) is 0 Å². The lowest BCUT2D eigenvalue weighted by Gasteiger charge is -2.26. The number of hydrogen-bond donors (Lipinski definition) is 2. The molecule has 4 nitrogen and oxygen atoms in total. The standard InChI is InChI=1S/C7H11NO3/c9-6(10)8-5-1-3-7(8,11)4-2-5/h5,11H,1-4H2,(H,9,10). The SMILES string of the molecule is O=C(O)N1C2CCC1(O)CC2. The molecule has 2 saturated heterocycles. The van der Waals surface area contributed by atoms with Crippen molar-refractivity contribution in [2.45, 2.75) is 37.5 Å². The molecule has 0 spiro atoms. The summed E-state index contributed by atoms with van der Waals surface area (Å²) >= 11 is 0. The van der Waals surface area contributed by atoms with E-state index in [1.807, 2.05) is 0 Å². The Bertz CT molecular complexity index is 196. The summed E-state index contributed by atoms with van der Waals surface area (Å²) in [6.45, 7) is 0. The molecule has 2 fully saturated rings. The summed E-state index contributed by atoms with van der Waals surface area (Å²) in [6, 6.07) is 0.0810. The lowest BCUT2D eigenvalue weighted by molar-refractivity contribution is -0.0519. The zero-order valence-corrected chi connectivity index (χ0v) is 6.16. The van der Waals surface area contributed by atoms with Crippen LogP contribution in [0.25, 0.3) is 0 Å². The van der Waals surface area contributed by atoms with Crippen LogP contribution >= 0.6 is 0 Å². The molecule has 0 radical (unpaired) electrons. The first kappa shape index (κ1) is 6.91. The summed E-state index contributed by atoms with van der Waals surface area (Å²) < 4.78 is 0. The van der Waals surface area contributed by atoms with Gasteiger partial charge in [-0.25, -0.2) is 4.79 Å². The highest BCUT2D eigenvalue weighted by atomic mass is 16.4. The van der Waals surface area contributed by atoms with Gasteiger partial charge in [-0.3, -0.25) is 4.90 Å². The average molecular weight is 157 g/mol. The Morgan fingerprint density at radius 3 is 2.18 bits per heavy atom. The number of nitrogens with zero attached hydrogens (tertiary/aromatic N) is 1. The van der Waals surface area contributed by atoms with Gasteiger partial charge >= 0.3 is 6.09 Å². The molecule has 0 atom stereocenters. The zero-order chi connectivity index (χ0) is 8.06. The van der Waals surface area contributed by atoms with Gasteiger partial charge in [0.25, 0.3) is 0 Å².